The smallest absolute Gasteiger partial charge is 0.182 e. The molecule has 0 spiro atoms. The molecule has 0 atom stereocenters. The van der Waals surface area contributed by atoms with Crippen LogP contribution in [0, 0.1) is 11.6 Å². The highest BCUT2D eigenvalue weighted by molar-refractivity contribution is 5.98. The molecule has 2 aromatic carbocycles. The van der Waals surface area contributed by atoms with E-state index in [0.29, 0.717) is 11.1 Å². The molecule has 2 aliphatic heterocycles. The van der Waals surface area contributed by atoms with Crippen LogP contribution in [0.5, 0.6) is 0 Å². The minimum absolute atomic E-state index is 0.102. The Kier molecular flexibility index (Phi) is 6.22. The summed E-state index contributed by atoms with van der Waals surface area (Å²) in [6, 6.07) is 11.0. The van der Waals surface area contributed by atoms with E-state index in [1.54, 1.807) is 9.80 Å². The maximum atomic E-state index is 13.0. The number of carbonyl (C=O) groups excluding carboxylic acids is 2. The van der Waals surface area contributed by atoms with Crippen LogP contribution in [-0.2, 0) is 0 Å². The van der Waals surface area contributed by atoms with Gasteiger partial charge in [-0.3, -0.25) is 9.59 Å². The summed E-state index contributed by atoms with van der Waals surface area (Å²) in [6.45, 7) is 0.318. The molecule has 32 heavy (non-hydrogen) atoms. The van der Waals surface area contributed by atoms with Gasteiger partial charge in [0.2, 0.25) is 0 Å². The average molecular weight is 430 g/mol. The summed E-state index contributed by atoms with van der Waals surface area (Å²) in [4.78, 5) is 28.2. The van der Waals surface area contributed by atoms with E-state index >= 15 is 0 Å². The van der Waals surface area contributed by atoms with Crippen LogP contribution in [0.2, 0.25) is 0 Å². The van der Waals surface area contributed by atoms with E-state index < -0.39 is 0 Å². The van der Waals surface area contributed by atoms with E-state index in [1.165, 1.54) is 48.5 Å². The maximum absolute atomic E-state index is 13.0. The Labute approximate surface area is 184 Å². The molecule has 0 fully saturated rings. The van der Waals surface area contributed by atoms with Gasteiger partial charge >= 0.3 is 0 Å². The van der Waals surface area contributed by atoms with Crippen molar-refractivity contribution in [3.63, 3.8) is 0 Å². The normalized spacial score (nSPS) is 14.9. The lowest BCUT2D eigenvalue weighted by Gasteiger charge is -2.21. The topological polar surface area (TPSA) is 40.6 Å². The van der Waals surface area contributed by atoms with Gasteiger partial charge in [0.05, 0.1) is 13.1 Å². The highest BCUT2D eigenvalue weighted by Gasteiger charge is 2.13. The van der Waals surface area contributed by atoms with Gasteiger partial charge in [-0.2, -0.15) is 0 Å². The van der Waals surface area contributed by atoms with Crippen molar-refractivity contribution >= 4 is 11.6 Å². The first-order valence-electron chi connectivity index (χ1n) is 10.0. The van der Waals surface area contributed by atoms with Crippen LogP contribution < -0.4 is 0 Å². The Balaban J connectivity index is 1.34. The lowest BCUT2D eigenvalue weighted by Crippen LogP contribution is -2.22. The van der Waals surface area contributed by atoms with E-state index in [0.717, 1.165) is 11.1 Å². The zero-order chi connectivity index (χ0) is 22.5. The highest BCUT2D eigenvalue weighted by atomic mass is 19.1. The Bertz CT molecular complexity index is 1050. The maximum Gasteiger partial charge on any atom is 0.182 e. The molecule has 0 amide bonds. The first-order valence-corrected chi connectivity index (χ1v) is 10.0. The summed E-state index contributed by atoms with van der Waals surface area (Å²) in [6.07, 6.45) is 14.9. The van der Waals surface area contributed by atoms with Crippen LogP contribution in [0.4, 0.5) is 8.78 Å². The molecule has 0 aromatic heterocycles. The van der Waals surface area contributed by atoms with Gasteiger partial charge in [0.25, 0.3) is 0 Å². The van der Waals surface area contributed by atoms with E-state index in [9.17, 15) is 18.4 Å². The van der Waals surface area contributed by atoms with Crippen LogP contribution in [0.1, 0.15) is 20.7 Å². The summed E-state index contributed by atoms with van der Waals surface area (Å²) in [5, 5.41) is 0. The van der Waals surface area contributed by atoms with Crippen molar-refractivity contribution in [2.45, 2.75) is 0 Å². The molecule has 4 nitrogen and oxygen atoms in total. The number of benzene rings is 2. The molecule has 0 N–H and O–H groups in total. The van der Waals surface area contributed by atoms with Gasteiger partial charge in [0.15, 0.2) is 11.6 Å². The number of carbonyl (C=O) groups is 2. The molecule has 0 unspecified atom stereocenters. The summed E-state index contributed by atoms with van der Waals surface area (Å²) in [5.74, 6) is -0.950. The van der Waals surface area contributed by atoms with Gasteiger partial charge in [-0.05, 0) is 84.0 Å². The largest absolute Gasteiger partial charge is 0.347 e. The van der Waals surface area contributed by atoms with Crippen LogP contribution in [0.15, 0.2) is 109 Å². The minimum Gasteiger partial charge on any atom is -0.347 e. The Hall–Kier alpha value is -4.06. The molecule has 0 aliphatic carbocycles. The van der Waals surface area contributed by atoms with Crippen LogP contribution in [-0.4, -0.2) is 34.5 Å². The first kappa shape index (κ1) is 21.2. The van der Waals surface area contributed by atoms with Crippen LogP contribution >= 0.6 is 0 Å². The quantitative estimate of drug-likeness (QED) is 0.604. The van der Waals surface area contributed by atoms with E-state index in [-0.39, 0.29) is 36.3 Å². The lowest BCUT2D eigenvalue weighted by molar-refractivity contribution is 0.0961. The molecule has 0 bridgehead atoms. The summed E-state index contributed by atoms with van der Waals surface area (Å²) in [5.41, 5.74) is 2.86. The van der Waals surface area contributed by atoms with Crippen molar-refractivity contribution < 1.29 is 18.4 Å². The number of hydrogen-bond donors (Lipinski definition) is 0. The lowest BCUT2D eigenvalue weighted by atomic mass is 10.0. The standard InChI is InChI=1S/C26H20F2N2O2/c27-23-5-1-21(2-6-23)25(31)17-29-13-9-19(10-14-29)20-11-15-30(16-12-20)18-26(32)22-3-7-24(28)8-4-22/h1-16H,17-18H2. The van der Waals surface area contributed by atoms with Gasteiger partial charge in [-0.25, -0.2) is 8.78 Å². The van der Waals surface area contributed by atoms with E-state index in [1.807, 2.05) is 49.1 Å². The Morgan fingerprint density at radius 1 is 0.562 bits per heavy atom. The third-order valence-electron chi connectivity index (χ3n) is 5.10. The number of allylic oxidation sites excluding steroid dienone is 6. The third kappa shape index (κ3) is 5.16. The molecule has 0 radical (unpaired) electrons. The monoisotopic (exact) mass is 430 g/mol. The zero-order valence-corrected chi connectivity index (χ0v) is 17.1. The van der Waals surface area contributed by atoms with E-state index in [4.69, 9.17) is 0 Å². The van der Waals surface area contributed by atoms with Crippen molar-refractivity contribution in [1.82, 2.24) is 9.80 Å². The first-order chi connectivity index (χ1) is 15.5. The van der Waals surface area contributed by atoms with Crippen molar-refractivity contribution in [3.05, 3.63) is 132 Å². The highest BCUT2D eigenvalue weighted by Crippen LogP contribution is 2.20. The summed E-state index contributed by atoms with van der Waals surface area (Å²) in [7, 11) is 0. The molecule has 2 aromatic rings. The molecule has 0 saturated heterocycles. The molecule has 160 valence electrons. The van der Waals surface area contributed by atoms with Gasteiger partial charge in [0, 0.05) is 35.9 Å². The molecular formula is C26H20F2N2O2. The second-order valence-electron chi connectivity index (χ2n) is 7.38. The minimum atomic E-state index is -0.373. The van der Waals surface area contributed by atoms with Gasteiger partial charge < -0.3 is 9.80 Å². The summed E-state index contributed by atoms with van der Waals surface area (Å²) >= 11 is 0. The van der Waals surface area contributed by atoms with Gasteiger partial charge in [0.1, 0.15) is 11.6 Å². The van der Waals surface area contributed by atoms with Crippen molar-refractivity contribution in [3.8, 4) is 0 Å². The fourth-order valence-corrected chi connectivity index (χ4v) is 3.30. The van der Waals surface area contributed by atoms with Crippen molar-refractivity contribution in [2.75, 3.05) is 13.1 Å². The fraction of sp³-hybridized carbons (Fsp3) is 0.0769. The molecular weight excluding hydrogens is 410 g/mol. The number of ketones is 2. The van der Waals surface area contributed by atoms with Gasteiger partial charge in [-0.15, -0.1) is 0 Å². The molecule has 4 rings (SSSR count). The van der Waals surface area contributed by atoms with Crippen molar-refractivity contribution in [1.29, 1.82) is 0 Å². The second-order valence-corrected chi connectivity index (χ2v) is 7.38. The fourth-order valence-electron chi connectivity index (χ4n) is 3.30. The van der Waals surface area contributed by atoms with Crippen molar-refractivity contribution in [2.24, 2.45) is 0 Å². The Morgan fingerprint density at radius 2 is 0.875 bits per heavy atom. The predicted molar refractivity (Wildman–Crippen MR) is 118 cm³/mol. The zero-order valence-electron chi connectivity index (χ0n) is 17.1. The number of rotatable bonds is 6. The van der Waals surface area contributed by atoms with Crippen LogP contribution in [0.25, 0.3) is 0 Å². The molecule has 6 heteroatoms. The van der Waals surface area contributed by atoms with E-state index in [2.05, 4.69) is 0 Å². The second kappa shape index (κ2) is 9.39. The summed E-state index contributed by atoms with van der Waals surface area (Å²) < 4.78 is 26.0. The number of Topliss-reactive ketones (excluding diaryl/α,β-unsaturated/α-hetero) is 2. The number of halogens is 2. The van der Waals surface area contributed by atoms with Crippen LogP contribution in [0.3, 0.4) is 0 Å². The average Bonchev–Trinajstić information content (AvgIpc) is 2.81. The SMILES string of the molecule is O=C(CN1C=CC(=C2C=CN(CC(=O)c3ccc(F)cc3)C=C2)C=C1)c1ccc(F)cc1. The predicted octanol–water partition coefficient (Wildman–Crippen LogP) is 5.01. The third-order valence-corrected chi connectivity index (χ3v) is 5.10. The number of nitrogens with zero attached hydrogens (tertiary/aromatic N) is 2. The molecule has 2 aliphatic rings. The molecule has 0 saturated carbocycles. The Morgan fingerprint density at radius 3 is 1.19 bits per heavy atom. The molecule has 2 heterocycles. The number of hydrogen-bond acceptors (Lipinski definition) is 4. The van der Waals surface area contributed by atoms with Gasteiger partial charge in [-0.1, -0.05) is 0 Å².